The lowest BCUT2D eigenvalue weighted by Crippen LogP contribution is -2.05. The largest absolute Gasteiger partial charge is 0.467 e. The predicted octanol–water partition coefficient (Wildman–Crippen LogP) is 2.68. The van der Waals surface area contributed by atoms with E-state index in [2.05, 4.69) is 6.58 Å². The van der Waals surface area contributed by atoms with Crippen molar-refractivity contribution in [3.05, 3.63) is 36.4 Å². The lowest BCUT2D eigenvalue weighted by atomic mass is 10.1. The first-order valence-electron chi connectivity index (χ1n) is 4.69. The van der Waals surface area contributed by atoms with E-state index < -0.39 is 0 Å². The van der Waals surface area contributed by atoms with Gasteiger partial charge in [0.25, 0.3) is 0 Å². The maximum Gasteiger partial charge on any atom is 0.191 e. The number of methoxy groups -OCH3 is 1. The molecular formula is C12H16O3. The first kappa shape index (κ1) is 11.8. The van der Waals surface area contributed by atoms with Crippen molar-refractivity contribution in [2.45, 2.75) is 6.92 Å². The van der Waals surface area contributed by atoms with Crippen LogP contribution in [0.3, 0.4) is 0 Å². The fraction of sp³-hybridized carbons (Fsp3) is 0.333. The topological polar surface area (TPSA) is 27.7 Å². The Kier molecular flexibility index (Phi) is 4.87. The average Bonchev–Trinajstić information content (AvgIpc) is 2.25. The zero-order chi connectivity index (χ0) is 11.1. The van der Waals surface area contributed by atoms with Gasteiger partial charge in [-0.3, -0.25) is 0 Å². The Balaban J connectivity index is 2.47. The van der Waals surface area contributed by atoms with E-state index in [1.54, 1.807) is 7.11 Å². The van der Waals surface area contributed by atoms with Crippen molar-refractivity contribution < 1.29 is 14.2 Å². The van der Waals surface area contributed by atoms with E-state index in [1.165, 1.54) is 0 Å². The molecule has 1 rings (SSSR count). The smallest absolute Gasteiger partial charge is 0.191 e. The molecule has 3 heteroatoms. The molecule has 0 aromatic heterocycles. The maximum absolute atomic E-state index is 5.36. The zero-order valence-corrected chi connectivity index (χ0v) is 9.16. The Bertz CT molecular complexity index is 320. The number of hydrogen-bond donors (Lipinski definition) is 0. The lowest BCUT2D eigenvalue weighted by Gasteiger charge is -2.07. The minimum absolute atomic E-state index is 0.188. The molecule has 0 radical (unpaired) electrons. The number of ether oxygens (including phenoxy) is 3. The molecule has 0 aliphatic heterocycles. The molecule has 0 atom stereocenters. The number of rotatable bonds is 6. The number of allylic oxidation sites excluding steroid dienone is 1. The third-order valence-electron chi connectivity index (χ3n) is 1.84. The van der Waals surface area contributed by atoms with E-state index in [0.717, 1.165) is 16.9 Å². The van der Waals surface area contributed by atoms with Crippen LogP contribution in [0, 0.1) is 0 Å². The molecule has 0 fully saturated rings. The molecule has 0 amide bonds. The number of hydrogen-bond acceptors (Lipinski definition) is 3. The second kappa shape index (κ2) is 6.22. The third kappa shape index (κ3) is 4.14. The molecule has 1 aromatic carbocycles. The summed E-state index contributed by atoms with van der Waals surface area (Å²) in [6, 6.07) is 7.72. The van der Waals surface area contributed by atoms with E-state index in [-0.39, 0.29) is 13.6 Å². The summed E-state index contributed by atoms with van der Waals surface area (Å²) in [6.07, 6.45) is 0. The van der Waals surface area contributed by atoms with Gasteiger partial charge in [0, 0.05) is 7.11 Å². The molecule has 0 bridgehead atoms. The van der Waals surface area contributed by atoms with Gasteiger partial charge >= 0.3 is 0 Å². The molecule has 0 saturated heterocycles. The van der Waals surface area contributed by atoms with Gasteiger partial charge in [-0.15, -0.1) is 0 Å². The van der Waals surface area contributed by atoms with Crippen molar-refractivity contribution in [2.75, 3.05) is 20.7 Å². The molecule has 15 heavy (non-hydrogen) atoms. The van der Waals surface area contributed by atoms with Crippen molar-refractivity contribution >= 4 is 5.57 Å². The average molecular weight is 208 g/mol. The highest BCUT2D eigenvalue weighted by Gasteiger charge is 1.97. The van der Waals surface area contributed by atoms with E-state index in [0.29, 0.717) is 0 Å². The van der Waals surface area contributed by atoms with Crippen LogP contribution < -0.4 is 4.74 Å². The van der Waals surface area contributed by atoms with Crippen LogP contribution >= 0.6 is 0 Å². The molecule has 0 aliphatic carbocycles. The van der Waals surface area contributed by atoms with E-state index >= 15 is 0 Å². The van der Waals surface area contributed by atoms with Gasteiger partial charge < -0.3 is 14.2 Å². The molecule has 82 valence electrons. The highest BCUT2D eigenvalue weighted by atomic mass is 16.7. The van der Waals surface area contributed by atoms with Crippen LogP contribution in [0.2, 0.25) is 0 Å². The zero-order valence-electron chi connectivity index (χ0n) is 9.16. The van der Waals surface area contributed by atoms with E-state index in [9.17, 15) is 0 Å². The second-order valence-corrected chi connectivity index (χ2v) is 3.18. The van der Waals surface area contributed by atoms with Crippen LogP contribution in [0.4, 0.5) is 0 Å². The Morgan fingerprint density at radius 2 is 2.13 bits per heavy atom. The van der Waals surface area contributed by atoms with Crippen LogP contribution in [0.25, 0.3) is 5.57 Å². The van der Waals surface area contributed by atoms with Gasteiger partial charge in [0.1, 0.15) is 12.5 Å². The Morgan fingerprint density at radius 3 is 2.80 bits per heavy atom. The summed E-state index contributed by atoms with van der Waals surface area (Å²) in [5, 5.41) is 0. The van der Waals surface area contributed by atoms with E-state index in [4.69, 9.17) is 14.2 Å². The molecule has 1 aromatic rings. The summed E-state index contributed by atoms with van der Waals surface area (Å²) >= 11 is 0. The molecule has 3 nitrogen and oxygen atoms in total. The summed E-state index contributed by atoms with van der Waals surface area (Å²) in [5.41, 5.74) is 2.08. The van der Waals surface area contributed by atoms with Crippen LogP contribution in [-0.2, 0) is 9.47 Å². The maximum atomic E-state index is 5.36. The third-order valence-corrected chi connectivity index (χ3v) is 1.84. The van der Waals surface area contributed by atoms with Gasteiger partial charge in [0.15, 0.2) is 6.79 Å². The van der Waals surface area contributed by atoms with Gasteiger partial charge in [-0.2, -0.15) is 0 Å². The first-order valence-corrected chi connectivity index (χ1v) is 4.69. The Hall–Kier alpha value is -1.32. The van der Waals surface area contributed by atoms with Crippen molar-refractivity contribution in [3.63, 3.8) is 0 Å². The second-order valence-electron chi connectivity index (χ2n) is 3.18. The van der Waals surface area contributed by atoms with Gasteiger partial charge in [-0.25, -0.2) is 0 Å². The van der Waals surface area contributed by atoms with E-state index in [1.807, 2.05) is 31.2 Å². The van der Waals surface area contributed by atoms with Crippen LogP contribution in [-0.4, -0.2) is 20.7 Å². The Labute approximate surface area is 90.3 Å². The van der Waals surface area contributed by atoms with Crippen LogP contribution in [0.15, 0.2) is 30.8 Å². The molecular weight excluding hydrogens is 192 g/mol. The SMILES string of the molecule is C=C(C)c1cccc(OCOCOC)c1. The summed E-state index contributed by atoms with van der Waals surface area (Å²) in [4.78, 5) is 0. The molecule has 0 saturated carbocycles. The molecule has 0 N–H and O–H groups in total. The fourth-order valence-corrected chi connectivity index (χ4v) is 1.08. The highest BCUT2D eigenvalue weighted by Crippen LogP contribution is 2.18. The first-order chi connectivity index (χ1) is 7.24. The quantitative estimate of drug-likeness (QED) is 0.531. The highest BCUT2D eigenvalue weighted by molar-refractivity contribution is 5.62. The van der Waals surface area contributed by atoms with Crippen LogP contribution in [0.1, 0.15) is 12.5 Å². The van der Waals surface area contributed by atoms with Crippen LogP contribution in [0.5, 0.6) is 5.75 Å². The van der Waals surface area contributed by atoms with Gasteiger partial charge in [-0.1, -0.05) is 24.3 Å². The molecule has 0 heterocycles. The van der Waals surface area contributed by atoms with Gasteiger partial charge in [0.05, 0.1) is 0 Å². The van der Waals surface area contributed by atoms with Crippen molar-refractivity contribution in [2.24, 2.45) is 0 Å². The van der Waals surface area contributed by atoms with Crippen molar-refractivity contribution in [1.82, 2.24) is 0 Å². The van der Waals surface area contributed by atoms with Crippen molar-refractivity contribution in [3.8, 4) is 5.75 Å². The van der Waals surface area contributed by atoms with Crippen molar-refractivity contribution in [1.29, 1.82) is 0 Å². The summed E-state index contributed by atoms with van der Waals surface area (Å²) in [7, 11) is 1.57. The molecule has 0 unspecified atom stereocenters. The molecule has 0 aliphatic rings. The number of benzene rings is 1. The summed E-state index contributed by atoms with van der Waals surface area (Å²) in [6.45, 7) is 6.25. The summed E-state index contributed by atoms with van der Waals surface area (Å²) in [5.74, 6) is 0.770. The van der Waals surface area contributed by atoms with Gasteiger partial charge in [-0.05, 0) is 24.6 Å². The predicted molar refractivity (Wildman–Crippen MR) is 59.6 cm³/mol. The summed E-state index contributed by atoms with van der Waals surface area (Å²) < 4.78 is 15.1. The standard InChI is InChI=1S/C12H16O3/c1-10(2)11-5-4-6-12(7-11)15-9-14-8-13-3/h4-7H,1,8-9H2,2-3H3. The monoisotopic (exact) mass is 208 g/mol. The minimum Gasteiger partial charge on any atom is -0.467 e. The molecule has 0 spiro atoms. The normalized spacial score (nSPS) is 10.0. The fourth-order valence-electron chi connectivity index (χ4n) is 1.08. The lowest BCUT2D eigenvalue weighted by molar-refractivity contribution is -0.0835. The minimum atomic E-state index is 0.188. The van der Waals surface area contributed by atoms with Gasteiger partial charge in [0.2, 0.25) is 0 Å². The Morgan fingerprint density at radius 1 is 1.33 bits per heavy atom.